The van der Waals surface area contributed by atoms with Gasteiger partial charge in [0.15, 0.2) is 6.10 Å². The number of ether oxygens (including phenoxy) is 1. The average molecular weight is 334 g/mol. The Hall–Kier alpha value is -2.72. The molecule has 2 aromatic heterocycles. The molecule has 0 amide bonds. The quantitative estimate of drug-likeness (QED) is 0.564. The SMILES string of the molecule is Nc1[nH]c(CCCC(OC(=O)C(F)(F)F)c2c[nH+]c(N)[nH]2)c[nH+]1. The van der Waals surface area contributed by atoms with Gasteiger partial charge < -0.3 is 4.74 Å². The minimum absolute atomic E-state index is 0.153. The molecule has 0 saturated carbocycles. The molecule has 0 aliphatic carbocycles. The van der Waals surface area contributed by atoms with Crippen LogP contribution in [0.25, 0.3) is 0 Å². The van der Waals surface area contributed by atoms with Gasteiger partial charge in [0, 0.05) is 6.42 Å². The molecule has 8 N–H and O–H groups in total. The number of esters is 1. The van der Waals surface area contributed by atoms with Crippen LogP contribution in [0.5, 0.6) is 0 Å². The third kappa shape index (κ3) is 4.63. The van der Waals surface area contributed by atoms with Crippen molar-refractivity contribution in [3.63, 3.8) is 0 Å². The second kappa shape index (κ2) is 6.58. The molecule has 2 heterocycles. The zero-order valence-corrected chi connectivity index (χ0v) is 12.0. The van der Waals surface area contributed by atoms with Gasteiger partial charge in [-0.1, -0.05) is 0 Å². The highest BCUT2D eigenvalue weighted by atomic mass is 19.4. The van der Waals surface area contributed by atoms with Gasteiger partial charge in [-0.2, -0.15) is 13.2 Å². The number of aromatic nitrogens is 4. The number of aryl methyl sites for hydroxylation is 1. The Balaban J connectivity index is 2.00. The summed E-state index contributed by atoms with van der Waals surface area (Å²) in [5, 5.41) is 0. The van der Waals surface area contributed by atoms with Crippen LogP contribution in [-0.4, -0.2) is 22.1 Å². The molecule has 11 heteroatoms. The lowest BCUT2D eigenvalue weighted by molar-refractivity contribution is -0.358. The number of anilines is 2. The summed E-state index contributed by atoms with van der Waals surface area (Å²) in [5.74, 6) is -1.71. The van der Waals surface area contributed by atoms with Crippen molar-refractivity contribution >= 4 is 17.9 Å². The molecular weight excluding hydrogens is 317 g/mol. The summed E-state index contributed by atoms with van der Waals surface area (Å²) in [7, 11) is 0. The van der Waals surface area contributed by atoms with E-state index in [1.807, 2.05) is 0 Å². The number of carbonyl (C=O) groups excluding carboxylic acids is 1. The molecule has 0 fully saturated rings. The number of hydrogen-bond donors (Lipinski definition) is 4. The Labute approximate surface area is 128 Å². The van der Waals surface area contributed by atoms with Gasteiger partial charge in [0.1, 0.15) is 17.6 Å². The molecule has 2 aromatic rings. The zero-order chi connectivity index (χ0) is 17.0. The van der Waals surface area contributed by atoms with Crippen LogP contribution in [0.2, 0.25) is 0 Å². The molecule has 0 aromatic carbocycles. The summed E-state index contributed by atoms with van der Waals surface area (Å²) in [5.41, 5.74) is 12.0. The summed E-state index contributed by atoms with van der Waals surface area (Å²) in [6.45, 7) is 0. The normalized spacial score (nSPS) is 13.0. The Bertz CT molecular complexity index is 666. The van der Waals surface area contributed by atoms with E-state index in [0.29, 0.717) is 18.8 Å². The van der Waals surface area contributed by atoms with Crippen LogP contribution in [0.1, 0.15) is 30.3 Å². The molecule has 1 unspecified atom stereocenters. The van der Waals surface area contributed by atoms with Crippen LogP contribution in [-0.2, 0) is 16.0 Å². The number of nitrogens with one attached hydrogen (secondary N) is 4. The van der Waals surface area contributed by atoms with Gasteiger partial charge in [-0.3, -0.25) is 11.5 Å². The van der Waals surface area contributed by atoms with E-state index in [9.17, 15) is 18.0 Å². The number of imidazole rings is 2. The summed E-state index contributed by atoms with van der Waals surface area (Å²) < 4.78 is 41.7. The lowest BCUT2D eigenvalue weighted by Crippen LogP contribution is -2.27. The number of nitrogens with two attached hydrogens (primary N) is 2. The monoisotopic (exact) mass is 334 g/mol. The van der Waals surface area contributed by atoms with Crippen LogP contribution in [0.3, 0.4) is 0 Å². The Kier molecular flexibility index (Phi) is 4.77. The number of hydrogen-bond acceptors (Lipinski definition) is 4. The number of alkyl halides is 3. The van der Waals surface area contributed by atoms with E-state index in [0.717, 1.165) is 5.69 Å². The zero-order valence-electron chi connectivity index (χ0n) is 12.0. The molecule has 0 aliphatic heterocycles. The number of halogens is 3. The molecular formula is C12H17F3N6O2+2. The molecule has 23 heavy (non-hydrogen) atoms. The van der Waals surface area contributed by atoms with Crippen molar-refractivity contribution < 1.29 is 32.7 Å². The first-order valence-electron chi connectivity index (χ1n) is 6.74. The second-order valence-corrected chi connectivity index (χ2v) is 4.92. The van der Waals surface area contributed by atoms with Gasteiger partial charge in [0.2, 0.25) is 0 Å². The Morgan fingerprint density at radius 3 is 2.39 bits per heavy atom. The summed E-state index contributed by atoms with van der Waals surface area (Å²) in [6, 6.07) is 0. The summed E-state index contributed by atoms with van der Waals surface area (Å²) in [6.07, 6.45) is -1.96. The van der Waals surface area contributed by atoms with Crippen molar-refractivity contribution in [3.05, 3.63) is 23.8 Å². The predicted octanol–water partition coefficient (Wildman–Crippen LogP) is 0.305. The molecule has 2 rings (SSSR count). The number of H-pyrrole nitrogens is 4. The van der Waals surface area contributed by atoms with Crippen LogP contribution in [0.4, 0.5) is 25.1 Å². The molecule has 8 nitrogen and oxygen atoms in total. The van der Waals surface area contributed by atoms with Gasteiger partial charge in [-0.05, 0) is 12.8 Å². The van der Waals surface area contributed by atoms with Gasteiger partial charge in [0.05, 0.1) is 6.20 Å². The molecule has 126 valence electrons. The van der Waals surface area contributed by atoms with Crippen LogP contribution in [0.15, 0.2) is 12.4 Å². The minimum atomic E-state index is -5.05. The fourth-order valence-electron chi connectivity index (χ4n) is 2.05. The lowest BCUT2D eigenvalue weighted by atomic mass is 10.1. The largest absolute Gasteiger partial charge is 0.490 e. The van der Waals surface area contributed by atoms with Gasteiger partial charge in [-0.25, -0.2) is 24.7 Å². The maximum atomic E-state index is 12.4. The fourth-order valence-corrected chi connectivity index (χ4v) is 2.05. The second-order valence-electron chi connectivity index (χ2n) is 4.92. The first kappa shape index (κ1) is 16.6. The van der Waals surface area contributed by atoms with Crippen molar-refractivity contribution in [2.75, 3.05) is 11.5 Å². The highest BCUT2D eigenvalue weighted by Crippen LogP contribution is 2.26. The van der Waals surface area contributed by atoms with E-state index in [1.165, 1.54) is 6.20 Å². The standard InChI is InChI=1S/C12H15F3N6O2/c13-12(14,15)9(22)23-8(7-5-19-11(17)21-7)3-1-2-6-4-18-10(16)20-6/h4-5,8H,1-3H2,(H3,16,18,20)(H3,17,19,21)/p+2. The highest BCUT2D eigenvalue weighted by molar-refractivity contribution is 5.75. The number of aromatic amines is 4. The van der Waals surface area contributed by atoms with E-state index in [-0.39, 0.29) is 18.1 Å². The van der Waals surface area contributed by atoms with Gasteiger partial charge >= 0.3 is 24.0 Å². The minimum Gasteiger partial charge on any atom is -0.448 e. The van der Waals surface area contributed by atoms with Crippen molar-refractivity contribution in [2.24, 2.45) is 0 Å². The van der Waals surface area contributed by atoms with Crippen molar-refractivity contribution in [1.29, 1.82) is 0 Å². The molecule has 0 saturated heterocycles. The van der Waals surface area contributed by atoms with E-state index in [1.54, 1.807) is 6.20 Å². The number of nitrogen functional groups attached to an aromatic ring is 2. The molecule has 1 atom stereocenters. The topological polar surface area (TPSA) is 138 Å². The predicted molar refractivity (Wildman–Crippen MR) is 71.3 cm³/mol. The van der Waals surface area contributed by atoms with Gasteiger partial charge in [-0.15, -0.1) is 0 Å². The van der Waals surface area contributed by atoms with Crippen LogP contribution in [0, 0.1) is 0 Å². The highest BCUT2D eigenvalue weighted by Gasteiger charge is 2.43. The van der Waals surface area contributed by atoms with E-state index in [2.05, 4.69) is 24.7 Å². The van der Waals surface area contributed by atoms with Crippen LogP contribution < -0.4 is 21.4 Å². The molecule has 0 bridgehead atoms. The van der Waals surface area contributed by atoms with Gasteiger partial charge in [0.25, 0.3) is 0 Å². The summed E-state index contributed by atoms with van der Waals surface area (Å²) in [4.78, 5) is 21.9. The Morgan fingerprint density at radius 2 is 1.87 bits per heavy atom. The average Bonchev–Trinajstić information content (AvgIpc) is 3.05. The summed E-state index contributed by atoms with van der Waals surface area (Å²) >= 11 is 0. The molecule has 0 radical (unpaired) electrons. The maximum absolute atomic E-state index is 12.4. The molecule has 0 aliphatic rings. The first-order valence-corrected chi connectivity index (χ1v) is 6.74. The third-order valence-electron chi connectivity index (χ3n) is 3.10. The van der Waals surface area contributed by atoms with Crippen molar-refractivity contribution in [2.45, 2.75) is 31.5 Å². The number of rotatable bonds is 6. The van der Waals surface area contributed by atoms with Crippen molar-refractivity contribution in [3.8, 4) is 0 Å². The Morgan fingerprint density at radius 1 is 1.22 bits per heavy atom. The van der Waals surface area contributed by atoms with E-state index >= 15 is 0 Å². The lowest BCUT2D eigenvalue weighted by Gasteiger charge is -2.15. The number of carbonyl (C=O) groups is 1. The van der Waals surface area contributed by atoms with Crippen molar-refractivity contribution in [1.82, 2.24) is 9.97 Å². The fraction of sp³-hybridized carbons (Fsp3) is 0.417. The maximum Gasteiger partial charge on any atom is 0.490 e. The smallest absolute Gasteiger partial charge is 0.448 e. The third-order valence-corrected chi connectivity index (χ3v) is 3.10. The van der Waals surface area contributed by atoms with Crippen LogP contribution >= 0.6 is 0 Å². The van der Waals surface area contributed by atoms with E-state index < -0.39 is 18.2 Å². The molecule has 0 spiro atoms. The first-order chi connectivity index (χ1) is 10.8. The van der Waals surface area contributed by atoms with E-state index in [4.69, 9.17) is 11.5 Å².